The predicted molar refractivity (Wildman–Crippen MR) is 111 cm³/mol. The molecule has 0 spiro atoms. The summed E-state index contributed by atoms with van der Waals surface area (Å²) >= 11 is 0. The van der Waals surface area contributed by atoms with E-state index in [-0.39, 0.29) is 12.2 Å². The molecule has 0 bridgehead atoms. The molecular weight excluding hydrogens is 410 g/mol. The molecule has 2 N–H and O–H groups in total. The largest absolute Gasteiger partial charge is 0.382 e. The lowest BCUT2D eigenvalue weighted by Crippen LogP contribution is -2.13. The number of nitrogen functional groups attached to an aromatic ring is 1. The molecule has 4 rings (SSSR count). The average Bonchev–Trinajstić information content (AvgIpc) is 3.40. The Hall–Kier alpha value is -2.55. The van der Waals surface area contributed by atoms with Crippen molar-refractivity contribution in [3.63, 3.8) is 0 Å². The molecule has 6 nitrogen and oxygen atoms in total. The van der Waals surface area contributed by atoms with Gasteiger partial charge in [0.2, 0.25) is 0 Å². The van der Waals surface area contributed by atoms with Crippen LogP contribution in [0.4, 0.5) is 14.6 Å². The lowest BCUT2D eigenvalue weighted by molar-refractivity contribution is 0.546. The Balaban J connectivity index is 1.63. The third-order valence-corrected chi connectivity index (χ3v) is 7.49. The second kappa shape index (κ2) is 7.61. The van der Waals surface area contributed by atoms with Crippen LogP contribution in [0.2, 0.25) is 0 Å². The fourth-order valence-corrected chi connectivity index (χ4v) is 5.13. The molecule has 0 aliphatic heterocycles. The predicted octanol–water partition coefficient (Wildman–Crippen LogP) is 3.73. The average molecular weight is 435 g/mol. The van der Waals surface area contributed by atoms with Crippen molar-refractivity contribution in [2.24, 2.45) is 5.92 Å². The summed E-state index contributed by atoms with van der Waals surface area (Å²) in [6.07, 6.45) is 3.40. The first kappa shape index (κ1) is 20.7. The van der Waals surface area contributed by atoms with Crippen molar-refractivity contribution in [1.29, 1.82) is 0 Å². The lowest BCUT2D eigenvalue weighted by Gasteiger charge is -2.12. The van der Waals surface area contributed by atoms with Gasteiger partial charge in [0.25, 0.3) is 0 Å². The zero-order valence-corrected chi connectivity index (χ0v) is 17.8. The van der Waals surface area contributed by atoms with Crippen molar-refractivity contribution in [3.8, 4) is 0 Å². The molecular formula is C21H24F2N4O2S. The number of rotatable bonds is 7. The topological polar surface area (TPSA) is 90.9 Å². The van der Waals surface area contributed by atoms with Crippen LogP contribution in [-0.4, -0.2) is 28.7 Å². The molecule has 0 radical (unpaired) electrons. The summed E-state index contributed by atoms with van der Waals surface area (Å²) in [5, 5.41) is 0. The standard InChI is InChI=1S/C21H24F2N4O2S/c1-12-13(2)25-21(24)19-20(12)27(18(26-19)10-14-4-5-14)8-3-9-30(28,29)17-7-6-15(22)11-16(17)23/h6-7,11,14H,3-5,8-10H2,1-2H3,(H2,24,25). The molecule has 1 fully saturated rings. The molecule has 1 aromatic carbocycles. The quantitative estimate of drug-likeness (QED) is 0.572. The van der Waals surface area contributed by atoms with Crippen LogP contribution in [0.3, 0.4) is 0 Å². The van der Waals surface area contributed by atoms with Crippen molar-refractivity contribution in [1.82, 2.24) is 14.5 Å². The number of benzene rings is 1. The molecule has 2 heterocycles. The number of nitrogens with zero attached hydrogens (tertiary/aromatic N) is 3. The van der Waals surface area contributed by atoms with Gasteiger partial charge in [-0.2, -0.15) is 0 Å². The molecule has 0 saturated heterocycles. The number of hydrogen-bond acceptors (Lipinski definition) is 5. The Labute approximate surface area is 174 Å². The van der Waals surface area contributed by atoms with Crippen LogP contribution in [-0.2, 0) is 22.8 Å². The molecule has 1 saturated carbocycles. The number of aromatic nitrogens is 3. The third-order valence-electron chi connectivity index (χ3n) is 5.67. The smallest absolute Gasteiger partial charge is 0.181 e. The van der Waals surface area contributed by atoms with Crippen molar-refractivity contribution in [3.05, 3.63) is 46.9 Å². The van der Waals surface area contributed by atoms with Crippen LogP contribution in [0, 0.1) is 31.4 Å². The second-order valence-corrected chi connectivity index (χ2v) is 10.1. The molecule has 0 unspecified atom stereocenters. The maximum atomic E-state index is 14.0. The van der Waals surface area contributed by atoms with Gasteiger partial charge < -0.3 is 10.3 Å². The van der Waals surface area contributed by atoms with Gasteiger partial charge in [0.1, 0.15) is 27.9 Å². The summed E-state index contributed by atoms with van der Waals surface area (Å²) in [5.74, 6) is -0.296. The summed E-state index contributed by atoms with van der Waals surface area (Å²) in [7, 11) is -3.88. The van der Waals surface area contributed by atoms with Crippen LogP contribution in [0.1, 0.15) is 36.3 Å². The van der Waals surface area contributed by atoms with Crippen LogP contribution in [0.25, 0.3) is 11.0 Å². The molecule has 1 aliphatic carbocycles. The third kappa shape index (κ3) is 3.90. The summed E-state index contributed by atoms with van der Waals surface area (Å²) in [6.45, 7) is 4.24. The molecule has 3 aromatic rings. The lowest BCUT2D eigenvalue weighted by atomic mass is 10.2. The van der Waals surface area contributed by atoms with Gasteiger partial charge >= 0.3 is 0 Å². The summed E-state index contributed by atoms with van der Waals surface area (Å²) < 4.78 is 54.3. The van der Waals surface area contributed by atoms with E-state index in [0.717, 1.165) is 54.0 Å². The zero-order valence-electron chi connectivity index (χ0n) is 17.0. The summed E-state index contributed by atoms with van der Waals surface area (Å²) in [5.41, 5.74) is 9.38. The number of hydrogen-bond donors (Lipinski definition) is 1. The first-order chi connectivity index (χ1) is 14.2. The van der Waals surface area contributed by atoms with Crippen molar-refractivity contribution < 1.29 is 17.2 Å². The van der Waals surface area contributed by atoms with Gasteiger partial charge in [-0.15, -0.1) is 0 Å². The Morgan fingerprint density at radius 2 is 1.93 bits per heavy atom. The van der Waals surface area contributed by atoms with E-state index in [1.165, 1.54) is 0 Å². The summed E-state index contributed by atoms with van der Waals surface area (Å²) in [6, 6.07) is 2.52. The highest BCUT2D eigenvalue weighted by Gasteiger charge is 2.26. The van der Waals surface area contributed by atoms with E-state index in [1.54, 1.807) is 0 Å². The number of pyridine rings is 1. The molecule has 2 aromatic heterocycles. The van der Waals surface area contributed by atoms with Crippen LogP contribution >= 0.6 is 0 Å². The minimum atomic E-state index is -3.88. The normalized spacial score (nSPS) is 14.5. The number of aryl methyl sites for hydroxylation is 3. The molecule has 0 amide bonds. The van der Waals surface area contributed by atoms with Crippen molar-refractivity contribution in [2.75, 3.05) is 11.5 Å². The Morgan fingerprint density at radius 1 is 1.20 bits per heavy atom. The maximum Gasteiger partial charge on any atom is 0.181 e. The molecule has 0 atom stereocenters. The molecule has 160 valence electrons. The van der Waals surface area contributed by atoms with E-state index in [9.17, 15) is 17.2 Å². The number of nitrogens with two attached hydrogens (primary N) is 1. The van der Waals surface area contributed by atoms with E-state index in [2.05, 4.69) is 4.98 Å². The highest BCUT2D eigenvalue weighted by atomic mass is 32.2. The Bertz CT molecular complexity index is 1230. The van der Waals surface area contributed by atoms with Crippen molar-refractivity contribution >= 4 is 26.7 Å². The fraction of sp³-hybridized carbons (Fsp3) is 0.429. The molecule has 9 heteroatoms. The van der Waals surface area contributed by atoms with Gasteiger partial charge in [0.05, 0.1) is 11.3 Å². The highest BCUT2D eigenvalue weighted by Crippen LogP contribution is 2.34. The van der Waals surface area contributed by atoms with Gasteiger partial charge in [-0.25, -0.2) is 27.2 Å². The van der Waals surface area contributed by atoms with E-state index in [0.29, 0.717) is 29.9 Å². The highest BCUT2D eigenvalue weighted by molar-refractivity contribution is 7.91. The van der Waals surface area contributed by atoms with Crippen LogP contribution in [0.15, 0.2) is 23.1 Å². The summed E-state index contributed by atoms with van der Waals surface area (Å²) in [4.78, 5) is 8.60. The molecule has 30 heavy (non-hydrogen) atoms. The van der Waals surface area contributed by atoms with Crippen molar-refractivity contribution in [2.45, 2.75) is 51.0 Å². The van der Waals surface area contributed by atoms with Gasteiger partial charge in [-0.05, 0) is 56.7 Å². The number of halogens is 2. The van der Waals surface area contributed by atoms with E-state index < -0.39 is 26.4 Å². The molecule has 1 aliphatic rings. The first-order valence-corrected chi connectivity index (χ1v) is 11.6. The number of fused-ring (bicyclic) bond motifs is 1. The van der Waals surface area contributed by atoms with E-state index in [4.69, 9.17) is 10.7 Å². The van der Waals surface area contributed by atoms with Gasteiger partial charge in [-0.1, -0.05) is 0 Å². The Kier molecular flexibility index (Phi) is 5.25. The minimum Gasteiger partial charge on any atom is -0.382 e. The Morgan fingerprint density at radius 3 is 2.60 bits per heavy atom. The van der Waals surface area contributed by atoms with E-state index in [1.807, 2.05) is 18.4 Å². The van der Waals surface area contributed by atoms with Crippen LogP contribution in [0.5, 0.6) is 0 Å². The SMILES string of the molecule is Cc1nc(N)c2nc(CC3CC3)n(CCCS(=O)(=O)c3ccc(F)cc3F)c2c1C. The number of imidazole rings is 1. The second-order valence-electron chi connectivity index (χ2n) is 7.98. The monoisotopic (exact) mass is 434 g/mol. The number of sulfone groups is 1. The van der Waals surface area contributed by atoms with Crippen LogP contribution < -0.4 is 5.73 Å². The first-order valence-electron chi connectivity index (χ1n) is 9.97. The van der Waals surface area contributed by atoms with Gasteiger partial charge in [0.15, 0.2) is 15.7 Å². The maximum absolute atomic E-state index is 14.0. The zero-order chi connectivity index (χ0) is 21.6. The fourth-order valence-electron chi connectivity index (χ4n) is 3.77. The van der Waals surface area contributed by atoms with E-state index >= 15 is 0 Å². The number of anilines is 1. The van der Waals surface area contributed by atoms with Gasteiger partial charge in [-0.3, -0.25) is 0 Å². The minimum absolute atomic E-state index is 0.253. The van der Waals surface area contributed by atoms with Gasteiger partial charge in [0, 0.05) is 24.7 Å².